The third kappa shape index (κ3) is 8.24. The predicted molar refractivity (Wildman–Crippen MR) is 140 cm³/mol. The number of methoxy groups -OCH3 is 1. The zero-order valence-corrected chi connectivity index (χ0v) is 22.0. The highest BCUT2D eigenvalue weighted by atomic mass is 35.5. The Morgan fingerprint density at radius 2 is 1.97 bits per heavy atom. The lowest BCUT2D eigenvalue weighted by Gasteiger charge is -2.45. The Morgan fingerprint density at radius 3 is 2.62 bits per heavy atom. The van der Waals surface area contributed by atoms with Gasteiger partial charge in [-0.3, -0.25) is 19.4 Å². The average molecular weight is 531 g/mol. The monoisotopic (exact) mass is 530 g/mol. The first kappa shape index (κ1) is 28.6. The number of benzene rings is 1. The Labute approximate surface area is 222 Å². The highest BCUT2D eigenvalue weighted by Gasteiger charge is 2.41. The second kappa shape index (κ2) is 13.0. The van der Waals surface area contributed by atoms with E-state index in [9.17, 15) is 19.5 Å². The number of likely N-dealkylation sites (tertiary alicyclic amines) is 1. The predicted octanol–water partition coefficient (Wildman–Crippen LogP) is 2.37. The van der Waals surface area contributed by atoms with Crippen molar-refractivity contribution in [3.63, 3.8) is 0 Å². The van der Waals surface area contributed by atoms with Crippen molar-refractivity contribution in [1.82, 2.24) is 15.2 Å². The number of amides is 2. The van der Waals surface area contributed by atoms with E-state index in [1.807, 2.05) is 31.2 Å². The number of hydrogen-bond donors (Lipinski definition) is 3. The molecule has 2 aromatic rings. The van der Waals surface area contributed by atoms with E-state index in [2.05, 4.69) is 10.3 Å². The van der Waals surface area contributed by atoms with Crippen LogP contribution < -0.4 is 11.1 Å². The standard InChI is InChI=1S/C27H35ClN4O5/c1-18-5-3-6-22(30-18)13-20(14-24(33)34)26(36)32-12-4-11-27(17-32,31-25(35)23(29)16-37-2)15-19-7-9-21(28)10-8-19/h3,5-10,20,23H,4,11-17,29H2,1-2H3,(H,31,35)(H,33,34)/t20?,23?,27-/m1/s1. The van der Waals surface area contributed by atoms with Crippen LogP contribution in [0.25, 0.3) is 0 Å². The van der Waals surface area contributed by atoms with Crippen molar-refractivity contribution in [2.24, 2.45) is 11.7 Å². The first-order valence-electron chi connectivity index (χ1n) is 12.3. The maximum Gasteiger partial charge on any atom is 0.304 e. The molecule has 3 rings (SSSR count). The van der Waals surface area contributed by atoms with Gasteiger partial charge in [0.2, 0.25) is 11.8 Å². The fraction of sp³-hybridized carbons (Fsp3) is 0.481. The molecule has 0 bridgehead atoms. The lowest BCUT2D eigenvalue weighted by Crippen LogP contribution is -2.64. The first-order chi connectivity index (χ1) is 17.6. The summed E-state index contributed by atoms with van der Waals surface area (Å²) in [7, 11) is 1.48. The van der Waals surface area contributed by atoms with Crippen LogP contribution in [0.3, 0.4) is 0 Å². The van der Waals surface area contributed by atoms with Gasteiger partial charge in [0.15, 0.2) is 0 Å². The van der Waals surface area contributed by atoms with E-state index in [-0.39, 0.29) is 37.8 Å². The number of rotatable bonds is 11. The van der Waals surface area contributed by atoms with Crippen molar-refractivity contribution in [2.45, 2.75) is 50.6 Å². The second-order valence-electron chi connectivity index (χ2n) is 9.77. The molecule has 2 amide bonds. The SMILES string of the molecule is COCC(N)C(=O)N[C@@]1(Cc2ccc(Cl)cc2)CCCN(C(=O)C(CC(=O)O)Cc2cccc(C)n2)C1. The normalized spacial score (nSPS) is 19.2. The Hall–Kier alpha value is -3.01. The average Bonchev–Trinajstić information content (AvgIpc) is 2.84. The van der Waals surface area contributed by atoms with E-state index in [0.29, 0.717) is 36.5 Å². The molecular formula is C27H35ClN4O5. The van der Waals surface area contributed by atoms with Crippen LogP contribution in [0.4, 0.5) is 0 Å². The molecule has 1 saturated heterocycles. The molecule has 0 radical (unpaired) electrons. The lowest BCUT2D eigenvalue weighted by atomic mass is 9.82. The number of carbonyl (C=O) groups is 3. The molecule has 1 aliphatic heterocycles. The van der Waals surface area contributed by atoms with E-state index < -0.39 is 23.5 Å². The van der Waals surface area contributed by atoms with Crippen LogP contribution >= 0.6 is 11.6 Å². The number of aliphatic carboxylic acids is 1. The Kier molecular flexibility index (Phi) is 10.0. The lowest BCUT2D eigenvalue weighted by molar-refractivity contribution is -0.146. The Balaban J connectivity index is 1.86. The maximum atomic E-state index is 13.7. The van der Waals surface area contributed by atoms with Crippen molar-refractivity contribution in [3.05, 3.63) is 64.4 Å². The molecule has 200 valence electrons. The Bertz CT molecular complexity index is 1100. The van der Waals surface area contributed by atoms with Crippen molar-refractivity contribution >= 4 is 29.4 Å². The van der Waals surface area contributed by atoms with Gasteiger partial charge in [0.1, 0.15) is 6.04 Å². The summed E-state index contributed by atoms with van der Waals surface area (Å²) in [6.45, 7) is 2.62. The molecule has 3 atom stereocenters. The summed E-state index contributed by atoms with van der Waals surface area (Å²) < 4.78 is 5.04. The zero-order chi connectivity index (χ0) is 27.0. The molecular weight excluding hydrogens is 496 g/mol. The molecule has 1 aromatic heterocycles. The van der Waals surface area contributed by atoms with Gasteiger partial charge in [-0.1, -0.05) is 29.8 Å². The van der Waals surface area contributed by atoms with Gasteiger partial charge < -0.3 is 25.8 Å². The fourth-order valence-electron chi connectivity index (χ4n) is 4.89. The molecule has 2 unspecified atom stereocenters. The second-order valence-corrected chi connectivity index (χ2v) is 10.2. The smallest absolute Gasteiger partial charge is 0.304 e. The number of halogens is 1. The van der Waals surface area contributed by atoms with Crippen LogP contribution in [-0.4, -0.2) is 71.2 Å². The minimum atomic E-state index is -1.05. The van der Waals surface area contributed by atoms with Crippen LogP contribution in [0, 0.1) is 12.8 Å². The van der Waals surface area contributed by atoms with Crippen molar-refractivity contribution < 1.29 is 24.2 Å². The van der Waals surface area contributed by atoms with Gasteiger partial charge in [-0.25, -0.2) is 0 Å². The summed E-state index contributed by atoms with van der Waals surface area (Å²) in [5, 5.41) is 13.2. The number of piperidine rings is 1. The molecule has 0 spiro atoms. The molecule has 0 saturated carbocycles. The number of nitrogens with zero attached hydrogens (tertiary/aromatic N) is 2. The number of nitrogens with one attached hydrogen (secondary N) is 1. The van der Waals surface area contributed by atoms with Gasteiger partial charge in [0, 0.05) is 43.0 Å². The van der Waals surface area contributed by atoms with Crippen molar-refractivity contribution in [2.75, 3.05) is 26.8 Å². The van der Waals surface area contributed by atoms with E-state index in [1.165, 1.54) is 7.11 Å². The molecule has 1 fully saturated rings. The Morgan fingerprint density at radius 1 is 1.24 bits per heavy atom. The molecule has 37 heavy (non-hydrogen) atoms. The molecule has 1 aliphatic rings. The highest BCUT2D eigenvalue weighted by molar-refractivity contribution is 6.30. The van der Waals surface area contributed by atoms with Crippen LogP contribution in [0.15, 0.2) is 42.5 Å². The number of pyridine rings is 1. The molecule has 4 N–H and O–H groups in total. The summed E-state index contributed by atoms with van der Waals surface area (Å²) >= 11 is 6.06. The molecule has 1 aromatic carbocycles. The van der Waals surface area contributed by atoms with Crippen molar-refractivity contribution in [3.8, 4) is 0 Å². The number of aryl methyl sites for hydroxylation is 1. The summed E-state index contributed by atoms with van der Waals surface area (Å²) in [4.78, 5) is 44.4. The summed E-state index contributed by atoms with van der Waals surface area (Å²) in [5.41, 5.74) is 7.65. The number of carboxylic acid groups (broad SMARTS) is 1. The summed E-state index contributed by atoms with van der Waals surface area (Å²) in [6, 6.07) is 12.0. The first-order valence-corrected chi connectivity index (χ1v) is 12.7. The number of nitrogens with two attached hydrogens (primary N) is 1. The molecule has 9 nitrogen and oxygen atoms in total. The fourth-order valence-corrected chi connectivity index (χ4v) is 5.02. The number of ether oxygens (including phenoxy) is 1. The van der Waals surface area contributed by atoms with Gasteiger partial charge in [-0.2, -0.15) is 0 Å². The quantitative estimate of drug-likeness (QED) is 0.406. The zero-order valence-electron chi connectivity index (χ0n) is 21.3. The molecule has 2 heterocycles. The topological polar surface area (TPSA) is 135 Å². The van der Waals surface area contributed by atoms with Crippen LogP contribution in [0.5, 0.6) is 0 Å². The van der Waals surface area contributed by atoms with Gasteiger partial charge in [-0.05, 0) is 56.0 Å². The number of carbonyl (C=O) groups excluding carboxylic acids is 2. The van der Waals surface area contributed by atoms with Gasteiger partial charge in [0.25, 0.3) is 0 Å². The third-order valence-electron chi connectivity index (χ3n) is 6.59. The van der Waals surface area contributed by atoms with Crippen LogP contribution in [0.1, 0.15) is 36.2 Å². The highest BCUT2D eigenvalue weighted by Crippen LogP contribution is 2.28. The largest absolute Gasteiger partial charge is 0.481 e. The van der Waals surface area contributed by atoms with Crippen LogP contribution in [-0.2, 0) is 32.0 Å². The van der Waals surface area contributed by atoms with E-state index >= 15 is 0 Å². The third-order valence-corrected chi connectivity index (χ3v) is 6.84. The molecule has 10 heteroatoms. The van der Waals surface area contributed by atoms with Crippen LogP contribution in [0.2, 0.25) is 5.02 Å². The summed E-state index contributed by atoms with van der Waals surface area (Å²) in [5.74, 6) is -2.45. The van der Waals surface area contributed by atoms with E-state index in [4.69, 9.17) is 22.1 Å². The van der Waals surface area contributed by atoms with Gasteiger partial charge in [0.05, 0.1) is 24.5 Å². The summed E-state index contributed by atoms with van der Waals surface area (Å²) in [6.07, 6.45) is 1.65. The maximum absolute atomic E-state index is 13.7. The van der Waals surface area contributed by atoms with Gasteiger partial charge in [-0.15, -0.1) is 0 Å². The minimum Gasteiger partial charge on any atom is -0.481 e. The van der Waals surface area contributed by atoms with Gasteiger partial charge >= 0.3 is 5.97 Å². The number of aromatic nitrogens is 1. The van der Waals surface area contributed by atoms with E-state index in [1.54, 1.807) is 23.1 Å². The number of carboxylic acids is 1. The minimum absolute atomic E-state index is 0.0652. The van der Waals surface area contributed by atoms with Crippen molar-refractivity contribution in [1.29, 1.82) is 0 Å². The van der Waals surface area contributed by atoms with E-state index in [0.717, 1.165) is 11.3 Å². The number of hydrogen-bond acceptors (Lipinski definition) is 6. The molecule has 0 aliphatic carbocycles.